The third-order valence-corrected chi connectivity index (χ3v) is 2.59. The largest absolute Gasteiger partial charge is 0.343 e. The molecule has 1 unspecified atom stereocenters. The number of amides is 1. The van der Waals surface area contributed by atoms with E-state index in [1.165, 1.54) is 0 Å². The van der Waals surface area contributed by atoms with Gasteiger partial charge in [-0.2, -0.15) is 0 Å². The highest BCUT2D eigenvalue weighted by molar-refractivity contribution is 6.19. The molecule has 0 heterocycles. The second-order valence-corrected chi connectivity index (χ2v) is 3.64. The van der Waals surface area contributed by atoms with Crippen molar-refractivity contribution in [2.45, 2.75) is 33.6 Å². The number of carbonyl (C=O) groups is 1. The topological polar surface area (TPSA) is 20.3 Å². The maximum atomic E-state index is 11.7. The molecule has 78 valence electrons. The Hall–Kier alpha value is -0.240. The van der Waals surface area contributed by atoms with Gasteiger partial charge in [-0.3, -0.25) is 4.79 Å². The van der Waals surface area contributed by atoms with Gasteiger partial charge in [0, 0.05) is 24.9 Å². The maximum absolute atomic E-state index is 11.7. The molecule has 3 heteroatoms. The molecule has 0 bridgehead atoms. The van der Waals surface area contributed by atoms with Crippen molar-refractivity contribution in [3.63, 3.8) is 0 Å². The summed E-state index contributed by atoms with van der Waals surface area (Å²) < 4.78 is 0. The van der Waals surface area contributed by atoms with Gasteiger partial charge in [0.15, 0.2) is 0 Å². The van der Waals surface area contributed by atoms with Gasteiger partial charge in [-0.1, -0.05) is 20.3 Å². The van der Waals surface area contributed by atoms with Crippen LogP contribution in [0, 0.1) is 5.92 Å². The third-order valence-electron chi connectivity index (χ3n) is 2.13. The van der Waals surface area contributed by atoms with E-state index in [0.717, 1.165) is 25.9 Å². The summed E-state index contributed by atoms with van der Waals surface area (Å²) in [6, 6.07) is 0. The minimum Gasteiger partial charge on any atom is -0.343 e. The highest BCUT2D eigenvalue weighted by Gasteiger charge is 2.17. The number of carbonyl (C=O) groups excluding carboxylic acids is 1. The minimum atomic E-state index is -0.0431. The summed E-state index contributed by atoms with van der Waals surface area (Å²) in [5, 5.41) is 0. The van der Waals surface area contributed by atoms with E-state index in [9.17, 15) is 4.79 Å². The first-order valence-electron chi connectivity index (χ1n) is 5.02. The molecule has 0 fully saturated rings. The van der Waals surface area contributed by atoms with Crippen LogP contribution in [0.3, 0.4) is 0 Å². The van der Waals surface area contributed by atoms with Gasteiger partial charge in [-0.15, -0.1) is 11.6 Å². The molecule has 2 nitrogen and oxygen atoms in total. The first-order valence-corrected chi connectivity index (χ1v) is 5.55. The zero-order chi connectivity index (χ0) is 10.3. The number of alkyl halides is 1. The Labute approximate surface area is 86.2 Å². The third kappa shape index (κ3) is 4.51. The molecule has 0 N–H and O–H groups in total. The lowest BCUT2D eigenvalue weighted by Crippen LogP contribution is -2.36. The van der Waals surface area contributed by atoms with Crippen molar-refractivity contribution in [2.24, 2.45) is 5.92 Å². The number of unbranched alkanes of at least 4 members (excludes halogenated alkanes) is 1. The maximum Gasteiger partial charge on any atom is 0.226 e. The normalized spacial score (nSPS) is 12.6. The summed E-state index contributed by atoms with van der Waals surface area (Å²) in [5.74, 6) is 0.561. The molecule has 1 amide bonds. The number of halogens is 1. The van der Waals surface area contributed by atoms with Crippen molar-refractivity contribution in [3.8, 4) is 0 Å². The average molecular weight is 206 g/mol. The molecule has 0 aliphatic rings. The summed E-state index contributed by atoms with van der Waals surface area (Å²) in [6.45, 7) is 7.68. The van der Waals surface area contributed by atoms with Crippen molar-refractivity contribution in [3.05, 3.63) is 0 Å². The Morgan fingerprint density at radius 2 is 2.08 bits per heavy atom. The number of rotatable bonds is 6. The highest BCUT2D eigenvalue weighted by atomic mass is 35.5. The summed E-state index contributed by atoms with van der Waals surface area (Å²) in [4.78, 5) is 13.5. The number of hydrogen-bond acceptors (Lipinski definition) is 1. The van der Waals surface area contributed by atoms with Gasteiger partial charge in [0.2, 0.25) is 5.91 Å². The molecule has 0 aliphatic carbocycles. The van der Waals surface area contributed by atoms with Crippen LogP contribution in [0.1, 0.15) is 33.6 Å². The average Bonchev–Trinajstić information content (AvgIpc) is 2.17. The summed E-state index contributed by atoms with van der Waals surface area (Å²) in [7, 11) is 0. The summed E-state index contributed by atoms with van der Waals surface area (Å²) in [6.07, 6.45) is 2.20. The first-order chi connectivity index (χ1) is 6.17. The van der Waals surface area contributed by atoms with Crippen molar-refractivity contribution in [1.29, 1.82) is 0 Å². The van der Waals surface area contributed by atoms with Crippen LogP contribution in [0.5, 0.6) is 0 Å². The quantitative estimate of drug-likeness (QED) is 0.611. The molecule has 0 aromatic carbocycles. The van der Waals surface area contributed by atoms with Crippen molar-refractivity contribution >= 4 is 17.5 Å². The highest BCUT2D eigenvalue weighted by Crippen LogP contribution is 2.05. The Bertz CT molecular complexity index is 150. The molecule has 0 rings (SSSR count). The predicted octanol–water partition coefficient (Wildman–Crippen LogP) is 2.51. The summed E-state index contributed by atoms with van der Waals surface area (Å²) in [5.41, 5.74) is 0. The smallest absolute Gasteiger partial charge is 0.226 e. The standard InChI is InChI=1S/C10H20ClNO/c1-4-6-7-12(5-2)10(13)9(3)8-11/h9H,4-8H2,1-3H3. The van der Waals surface area contributed by atoms with E-state index >= 15 is 0 Å². The fourth-order valence-corrected chi connectivity index (χ4v) is 1.28. The first kappa shape index (κ1) is 12.8. The monoisotopic (exact) mass is 205 g/mol. The van der Waals surface area contributed by atoms with Gasteiger partial charge in [-0.25, -0.2) is 0 Å². The molecular formula is C10H20ClNO. The van der Waals surface area contributed by atoms with Crippen molar-refractivity contribution in [1.82, 2.24) is 4.90 Å². The number of nitrogens with zero attached hydrogens (tertiary/aromatic N) is 1. The molecular weight excluding hydrogens is 186 g/mol. The van der Waals surface area contributed by atoms with Crippen molar-refractivity contribution < 1.29 is 4.79 Å². The van der Waals surface area contributed by atoms with Crippen LogP contribution in [-0.2, 0) is 4.79 Å². The van der Waals surface area contributed by atoms with Crippen molar-refractivity contribution in [2.75, 3.05) is 19.0 Å². The molecule has 0 aromatic heterocycles. The number of hydrogen-bond donors (Lipinski definition) is 0. The zero-order valence-corrected chi connectivity index (χ0v) is 9.60. The van der Waals surface area contributed by atoms with Gasteiger partial charge in [0.05, 0.1) is 0 Å². The molecule has 13 heavy (non-hydrogen) atoms. The molecule has 0 aliphatic heterocycles. The van der Waals surface area contributed by atoms with E-state index in [1.54, 1.807) is 0 Å². The van der Waals surface area contributed by atoms with Gasteiger partial charge in [0.25, 0.3) is 0 Å². The lowest BCUT2D eigenvalue weighted by atomic mass is 10.2. The summed E-state index contributed by atoms with van der Waals surface area (Å²) >= 11 is 5.63. The van der Waals surface area contributed by atoms with Gasteiger partial charge in [0.1, 0.15) is 0 Å². The van der Waals surface area contributed by atoms with E-state index in [2.05, 4.69) is 6.92 Å². The Morgan fingerprint density at radius 1 is 1.46 bits per heavy atom. The van der Waals surface area contributed by atoms with Gasteiger partial charge < -0.3 is 4.90 Å². The van der Waals surface area contributed by atoms with E-state index in [1.807, 2.05) is 18.7 Å². The molecule has 0 spiro atoms. The fourth-order valence-electron chi connectivity index (χ4n) is 1.15. The van der Waals surface area contributed by atoms with Crippen LogP contribution in [0.2, 0.25) is 0 Å². The van der Waals surface area contributed by atoms with E-state index in [-0.39, 0.29) is 11.8 Å². The van der Waals surface area contributed by atoms with E-state index < -0.39 is 0 Å². The van der Waals surface area contributed by atoms with E-state index in [4.69, 9.17) is 11.6 Å². The Kier molecular flexibility index (Phi) is 7.06. The van der Waals surface area contributed by atoms with Gasteiger partial charge in [-0.05, 0) is 13.3 Å². The van der Waals surface area contributed by atoms with Crippen LogP contribution in [0.4, 0.5) is 0 Å². The Morgan fingerprint density at radius 3 is 2.46 bits per heavy atom. The second kappa shape index (κ2) is 7.19. The second-order valence-electron chi connectivity index (χ2n) is 3.33. The van der Waals surface area contributed by atoms with Crippen LogP contribution in [-0.4, -0.2) is 29.8 Å². The predicted molar refractivity (Wildman–Crippen MR) is 57.0 cm³/mol. The lowest BCUT2D eigenvalue weighted by molar-refractivity contribution is -0.134. The van der Waals surface area contributed by atoms with Gasteiger partial charge >= 0.3 is 0 Å². The fraction of sp³-hybridized carbons (Fsp3) is 0.900. The van der Waals surface area contributed by atoms with Crippen LogP contribution in [0.25, 0.3) is 0 Å². The molecule has 0 saturated carbocycles. The molecule has 1 atom stereocenters. The molecule has 0 aromatic rings. The minimum absolute atomic E-state index is 0.0431. The van der Waals surface area contributed by atoms with Crippen LogP contribution in [0.15, 0.2) is 0 Å². The van der Waals surface area contributed by atoms with Crippen LogP contribution < -0.4 is 0 Å². The Balaban J connectivity index is 3.98. The SMILES string of the molecule is CCCCN(CC)C(=O)C(C)CCl. The van der Waals surface area contributed by atoms with E-state index in [0.29, 0.717) is 5.88 Å². The lowest BCUT2D eigenvalue weighted by Gasteiger charge is -2.23. The molecule has 0 saturated heterocycles. The van der Waals surface area contributed by atoms with Crippen LogP contribution >= 0.6 is 11.6 Å². The zero-order valence-electron chi connectivity index (χ0n) is 8.85. The molecule has 0 radical (unpaired) electrons.